The van der Waals surface area contributed by atoms with E-state index in [9.17, 15) is 4.79 Å². The summed E-state index contributed by atoms with van der Waals surface area (Å²) in [6.45, 7) is 3.78. The van der Waals surface area contributed by atoms with E-state index in [1.54, 1.807) is 17.9 Å². The van der Waals surface area contributed by atoms with E-state index in [0.29, 0.717) is 11.3 Å². The number of carbonyl (C=O) groups is 1. The second-order valence-electron chi connectivity index (χ2n) is 5.90. The van der Waals surface area contributed by atoms with Crippen molar-refractivity contribution >= 4 is 16.7 Å². The van der Waals surface area contributed by atoms with Crippen LogP contribution in [0.15, 0.2) is 48.7 Å². The highest BCUT2D eigenvalue weighted by Crippen LogP contribution is 2.26. The number of aryl methyl sites for hydroxylation is 2. The average molecular weight is 323 g/mol. The first kappa shape index (κ1) is 16.2. The Bertz CT molecular complexity index is 885. The molecule has 1 unspecified atom stereocenters. The first-order valence-corrected chi connectivity index (χ1v) is 7.88. The van der Waals surface area contributed by atoms with Crippen molar-refractivity contribution < 1.29 is 9.63 Å². The monoisotopic (exact) mass is 323 g/mol. The third-order valence-electron chi connectivity index (χ3n) is 4.25. The maximum Gasteiger partial charge on any atom is 0.281 e. The average Bonchev–Trinajstić information content (AvgIpc) is 2.93. The molecule has 0 radical (unpaired) electrons. The highest BCUT2D eigenvalue weighted by Gasteiger charge is 2.26. The van der Waals surface area contributed by atoms with E-state index >= 15 is 0 Å². The maximum absolute atomic E-state index is 12.8. The summed E-state index contributed by atoms with van der Waals surface area (Å²) in [4.78, 5) is 18.2. The van der Waals surface area contributed by atoms with E-state index < -0.39 is 0 Å². The van der Waals surface area contributed by atoms with Crippen LogP contribution < -0.4 is 0 Å². The summed E-state index contributed by atoms with van der Waals surface area (Å²) < 4.78 is 1.64. The van der Waals surface area contributed by atoms with Crippen molar-refractivity contribution in [2.75, 3.05) is 7.11 Å². The highest BCUT2D eigenvalue weighted by atomic mass is 16.7. The minimum absolute atomic E-state index is 0.191. The van der Waals surface area contributed by atoms with Gasteiger partial charge < -0.3 is 0 Å². The lowest BCUT2D eigenvalue weighted by atomic mass is 10.0. The Hall–Kier alpha value is -2.66. The largest absolute Gasteiger partial charge is 0.281 e. The second-order valence-corrected chi connectivity index (χ2v) is 5.90. The number of aromatic nitrogens is 2. The third kappa shape index (κ3) is 2.90. The Morgan fingerprint density at radius 2 is 1.92 bits per heavy atom. The number of benzene rings is 2. The van der Waals surface area contributed by atoms with Gasteiger partial charge in [0.05, 0.1) is 24.4 Å². The Morgan fingerprint density at radius 3 is 2.54 bits per heavy atom. The van der Waals surface area contributed by atoms with E-state index in [1.807, 2.05) is 32.0 Å². The molecule has 1 atom stereocenters. The second kappa shape index (κ2) is 6.45. The lowest BCUT2D eigenvalue weighted by Crippen LogP contribution is -2.32. The molecule has 1 amide bonds. The summed E-state index contributed by atoms with van der Waals surface area (Å²) >= 11 is 0. The van der Waals surface area contributed by atoms with Crippen LogP contribution >= 0.6 is 0 Å². The molecule has 5 nitrogen and oxygen atoms in total. The number of hydroxylamine groups is 2. The van der Waals surface area contributed by atoms with Crippen LogP contribution in [-0.2, 0) is 11.9 Å². The molecule has 3 rings (SSSR count). The van der Waals surface area contributed by atoms with Crippen molar-refractivity contribution in [1.29, 1.82) is 0 Å². The molecule has 0 bridgehead atoms. The van der Waals surface area contributed by atoms with Crippen molar-refractivity contribution in [3.05, 3.63) is 65.5 Å². The molecule has 24 heavy (non-hydrogen) atoms. The number of carbonyl (C=O) groups excluding carboxylic acids is 1. The van der Waals surface area contributed by atoms with Crippen LogP contribution in [-0.4, -0.2) is 27.9 Å². The van der Waals surface area contributed by atoms with Gasteiger partial charge in [-0.15, -0.1) is 0 Å². The van der Waals surface area contributed by atoms with Crippen molar-refractivity contribution in [2.45, 2.75) is 19.9 Å². The van der Waals surface area contributed by atoms with E-state index in [4.69, 9.17) is 4.84 Å². The quantitative estimate of drug-likeness (QED) is 0.689. The lowest BCUT2D eigenvalue weighted by Gasteiger charge is -2.27. The number of rotatable bonds is 4. The van der Waals surface area contributed by atoms with Crippen LogP contribution in [0.1, 0.15) is 34.6 Å². The molecule has 0 spiro atoms. The number of amides is 1. The van der Waals surface area contributed by atoms with Crippen LogP contribution in [0.4, 0.5) is 0 Å². The zero-order valence-electron chi connectivity index (χ0n) is 14.4. The van der Waals surface area contributed by atoms with Crippen LogP contribution in [0, 0.1) is 6.92 Å². The molecular weight excluding hydrogens is 302 g/mol. The summed E-state index contributed by atoms with van der Waals surface area (Å²) in [7, 11) is 3.31. The first-order valence-electron chi connectivity index (χ1n) is 7.88. The van der Waals surface area contributed by atoms with E-state index in [-0.39, 0.29) is 11.9 Å². The molecule has 1 aromatic heterocycles. The maximum atomic E-state index is 12.8. The van der Waals surface area contributed by atoms with Crippen molar-refractivity contribution in [1.82, 2.24) is 14.8 Å². The predicted octanol–water partition coefficient (Wildman–Crippen LogP) is 3.65. The summed E-state index contributed by atoms with van der Waals surface area (Å²) in [5.41, 5.74) is 2.26. The standard InChI is InChI=1S/C19H21N3O2/c1-13-18(12-21(3)20-13)19(23)22(24-4)14(2)16-10-9-15-7-5-6-8-17(15)11-16/h5-12,14H,1-4H3. The fraction of sp³-hybridized carbons (Fsp3) is 0.263. The molecular formula is C19H21N3O2. The fourth-order valence-electron chi connectivity index (χ4n) is 2.95. The molecule has 0 saturated carbocycles. The van der Waals surface area contributed by atoms with Gasteiger partial charge in [-0.3, -0.25) is 14.3 Å². The van der Waals surface area contributed by atoms with Crippen molar-refractivity contribution in [2.24, 2.45) is 7.05 Å². The Balaban J connectivity index is 1.94. The molecule has 0 fully saturated rings. The molecule has 0 saturated heterocycles. The number of fused-ring (bicyclic) bond motifs is 1. The zero-order valence-corrected chi connectivity index (χ0v) is 14.4. The minimum Gasteiger partial charge on any atom is -0.275 e. The first-order chi connectivity index (χ1) is 11.5. The molecule has 0 aliphatic carbocycles. The van der Waals surface area contributed by atoms with Gasteiger partial charge in [0.25, 0.3) is 5.91 Å². The Kier molecular flexibility index (Phi) is 4.36. The van der Waals surface area contributed by atoms with Gasteiger partial charge in [0.1, 0.15) is 0 Å². The van der Waals surface area contributed by atoms with Gasteiger partial charge in [-0.25, -0.2) is 5.06 Å². The van der Waals surface area contributed by atoms with Gasteiger partial charge in [0.2, 0.25) is 0 Å². The molecule has 0 N–H and O–H groups in total. The van der Waals surface area contributed by atoms with Crippen LogP contribution in [0.25, 0.3) is 10.8 Å². The van der Waals surface area contributed by atoms with Gasteiger partial charge in [-0.05, 0) is 36.2 Å². The minimum atomic E-state index is -0.216. The zero-order chi connectivity index (χ0) is 17.3. The van der Waals surface area contributed by atoms with Crippen LogP contribution in [0.2, 0.25) is 0 Å². The summed E-state index contributed by atoms with van der Waals surface area (Å²) in [6, 6.07) is 14.1. The number of hydrogen-bond donors (Lipinski definition) is 0. The van der Waals surface area contributed by atoms with Crippen molar-refractivity contribution in [3.8, 4) is 0 Å². The Labute approximate surface area is 141 Å². The van der Waals surface area contributed by atoms with Gasteiger partial charge >= 0.3 is 0 Å². The number of hydrogen-bond acceptors (Lipinski definition) is 3. The SMILES string of the molecule is CON(C(=O)c1cn(C)nc1C)C(C)c1ccc2ccccc2c1. The normalized spacial score (nSPS) is 12.3. The fourth-order valence-corrected chi connectivity index (χ4v) is 2.95. The topological polar surface area (TPSA) is 47.4 Å². The van der Waals surface area contributed by atoms with Gasteiger partial charge in [0.15, 0.2) is 0 Å². The van der Waals surface area contributed by atoms with Gasteiger partial charge in [-0.1, -0.05) is 36.4 Å². The molecule has 5 heteroatoms. The van der Waals surface area contributed by atoms with E-state index in [2.05, 4.69) is 29.4 Å². The van der Waals surface area contributed by atoms with Crippen molar-refractivity contribution in [3.63, 3.8) is 0 Å². The molecule has 0 aliphatic heterocycles. The molecule has 2 aromatic carbocycles. The molecule has 0 aliphatic rings. The molecule has 124 valence electrons. The smallest absolute Gasteiger partial charge is 0.275 e. The summed E-state index contributed by atoms with van der Waals surface area (Å²) in [5, 5.41) is 7.95. The van der Waals surface area contributed by atoms with Crippen LogP contribution in [0.3, 0.4) is 0 Å². The molecule has 3 aromatic rings. The van der Waals surface area contributed by atoms with Gasteiger partial charge in [0, 0.05) is 13.2 Å². The molecule has 1 heterocycles. The Morgan fingerprint density at radius 1 is 1.21 bits per heavy atom. The summed E-state index contributed by atoms with van der Waals surface area (Å²) in [6.07, 6.45) is 1.72. The number of nitrogens with zero attached hydrogens (tertiary/aromatic N) is 3. The van der Waals surface area contributed by atoms with Crippen LogP contribution in [0.5, 0.6) is 0 Å². The summed E-state index contributed by atoms with van der Waals surface area (Å²) in [5.74, 6) is -0.191. The third-order valence-corrected chi connectivity index (χ3v) is 4.25. The highest BCUT2D eigenvalue weighted by molar-refractivity contribution is 5.94. The van der Waals surface area contributed by atoms with E-state index in [0.717, 1.165) is 10.9 Å². The lowest BCUT2D eigenvalue weighted by molar-refractivity contribution is -0.120. The van der Waals surface area contributed by atoms with Gasteiger partial charge in [-0.2, -0.15) is 5.10 Å². The van der Waals surface area contributed by atoms with E-state index in [1.165, 1.54) is 17.6 Å². The predicted molar refractivity (Wildman–Crippen MR) is 93.5 cm³/mol.